The standard InChI is InChI=1S/C19H19N7OS/c1-13(14-4-6-16(7-5-14)26-12-20-11-22-26)25(3)19(27)17-10-28-18(23-17)15-8-21-24(2)9-15/h4-13H,1-3H3/t13-/m1/s1. The first-order valence-corrected chi connectivity index (χ1v) is 9.57. The third kappa shape index (κ3) is 3.44. The summed E-state index contributed by atoms with van der Waals surface area (Å²) in [4.78, 5) is 23.0. The minimum Gasteiger partial charge on any atom is -0.334 e. The minimum absolute atomic E-state index is 0.0964. The summed E-state index contributed by atoms with van der Waals surface area (Å²) in [6.45, 7) is 2.00. The first-order valence-electron chi connectivity index (χ1n) is 8.69. The molecule has 0 spiro atoms. The van der Waals surface area contributed by atoms with Crippen molar-refractivity contribution in [1.82, 2.24) is 34.4 Å². The van der Waals surface area contributed by atoms with Gasteiger partial charge in [-0.15, -0.1) is 11.3 Å². The Morgan fingerprint density at radius 2 is 2.00 bits per heavy atom. The molecule has 0 radical (unpaired) electrons. The fraction of sp³-hybridized carbons (Fsp3) is 0.211. The van der Waals surface area contributed by atoms with Crippen molar-refractivity contribution >= 4 is 17.2 Å². The van der Waals surface area contributed by atoms with E-state index in [0.717, 1.165) is 21.8 Å². The molecular weight excluding hydrogens is 374 g/mol. The van der Waals surface area contributed by atoms with E-state index >= 15 is 0 Å². The quantitative estimate of drug-likeness (QED) is 0.521. The van der Waals surface area contributed by atoms with E-state index in [9.17, 15) is 4.79 Å². The van der Waals surface area contributed by atoms with Gasteiger partial charge in [-0.3, -0.25) is 9.48 Å². The third-order valence-electron chi connectivity index (χ3n) is 4.64. The van der Waals surface area contributed by atoms with E-state index in [0.29, 0.717) is 5.69 Å². The molecule has 28 heavy (non-hydrogen) atoms. The van der Waals surface area contributed by atoms with Crippen molar-refractivity contribution in [3.05, 3.63) is 66.0 Å². The molecule has 3 aromatic heterocycles. The SMILES string of the molecule is C[C@H](c1ccc(-n2cncn2)cc1)N(C)C(=O)c1csc(-c2cnn(C)c2)n1. The normalized spacial score (nSPS) is 12.1. The number of hydrogen-bond acceptors (Lipinski definition) is 6. The van der Waals surface area contributed by atoms with Gasteiger partial charge in [0.15, 0.2) is 0 Å². The zero-order valence-corrected chi connectivity index (χ0v) is 16.5. The van der Waals surface area contributed by atoms with Gasteiger partial charge in [-0.1, -0.05) is 12.1 Å². The minimum atomic E-state index is -0.112. The number of aryl methyl sites for hydroxylation is 1. The number of carbonyl (C=O) groups excluding carboxylic acids is 1. The number of thiazole rings is 1. The van der Waals surface area contributed by atoms with Gasteiger partial charge < -0.3 is 4.90 Å². The van der Waals surface area contributed by atoms with Gasteiger partial charge in [0.05, 0.1) is 17.9 Å². The molecule has 0 saturated heterocycles. The smallest absolute Gasteiger partial charge is 0.273 e. The van der Waals surface area contributed by atoms with Gasteiger partial charge in [-0.05, 0) is 24.6 Å². The summed E-state index contributed by atoms with van der Waals surface area (Å²) in [6.07, 6.45) is 6.78. The zero-order valence-electron chi connectivity index (χ0n) is 15.7. The Labute approximate surface area is 166 Å². The second kappa shape index (κ2) is 7.35. The third-order valence-corrected chi connectivity index (χ3v) is 5.53. The molecule has 1 atom stereocenters. The van der Waals surface area contributed by atoms with Gasteiger partial charge in [0, 0.05) is 31.2 Å². The molecule has 0 unspecified atom stereocenters. The van der Waals surface area contributed by atoms with Crippen molar-refractivity contribution in [3.8, 4) is 16.3 Å². The monoisotopic (exact) mass is 393 g/mol. The first kappa shape index (κ1) is 18.1. The molecule has 1 amide bonds. The van der Waals surface area contributed by atoms with Gasteiger partial charge in [-0.2, -0.15) is 10.2 Å². The molecule has 4 aromatic rings. The van der Waals surface area contributed by atoms with E-state index in [2.05, 4.69) is 20.2 Å². The second-order valence-electron chi connectivity index (χ2n) is 6.46. The molecule has 0 bridgehead atoms. The number of carbonyl (C=O) groups is 1. The number of nitrogens with zero attached hydrogens (tertiary/aromatic N) is 7. The van der Waals surface area contributed by atoms with E-state index in [1.54, 1.807) is 39.2 Å². The largest absolute Gasteiger partial charge is 0.334 e. The highest BCUT2D eigenvalue weighted by atomic mass is 32.1. The molecule has 1 aromatic carbocycles. The van der Waals surface area contributed by atoms with Crippen molar-refractivity contribution in [3.63, 3.8) is 0 Å². The van der Waals surface area contributed by atoms with Gasteiger partial charge in [0.1, 0.15) is 23.4 Å². The fourth-order valence-electron chi connectivity index (χ4n) is 2.86. The van der Waals surface area contributed by atoms with Crippen molar-refractivity contribution in [1.29, 1.82) is 0 Å². The Bertz CT molecular complexity index is 1080. The van der Waals surface area contributed by atoms with E-state index in [1.807, 2.05) is 44.4 Å². The zero-order chi connectivity index (χ0) is 19.7. The lowest BCUT2D eigenvalue weighted by Crippen LogP contribution is -2.29. The molecule has 0 saturated carbocycles. The average molecular weight is 393 g/mol. The van der Waals surface area contributed by atoms with Crippen molar-refractivity contribution in [2.24, 2.45) is 7.05 Å². The lowest BCUT2D eigenvalue weighted by Gasteiger charge is -2.24. The topological polar surface area (TPSA) is 81.7 Å². The molecule has 0 N–H and O–H groups in total. The van der Waals surface area contributed by atoms with Crippen LogP contribution in [0.3, 0.4) is 0 Å². The van der Waals surface area contributed by atoms with Gasteiger partial charge in [0.25, 0.3) is 5.91 Å². The van der Waals surface area contributed by atoms with Crippen LogP contribution >= 0.6 is 11.3 Å². The highest BCUT2D eigenvalue weighted by Gasteiger charge is 2.22. The van der Waals surface area contributed by atoms with Crippen molar-refractivity contribution in [2.75, 3.05) is 7.05 Å². The summed E-state index contributed by atoms with van der Waals surface area (Å²) in [6, 6.07) is 7.81. The molecular formula is C19H19N7OS. The fourth-order valence-corrected chi connectivity index (χ4v) is 3.63. The maximum atomic E-state index is 12.9. The number of amides is 1. The Morgan fingerprint density at radius 3 is 2.64 bits per heavy atom. The van der Waals surface area contributed by atoms with Crippen LogP contribution in [0.15, 0.2) is 54.7 Å². The predicted octanol–water partition coefficient (Wildman–Crippen LogP) is 2.96. The molecule has 0 aliphatic carbocycles. The summed E-state index contributed by atoms with van der Waals surface area (Å²) in [5, 5.41) is 10.9. The van der Waals surface area contributed by atoms with E-state index in [4.69, 9.17) is 0 Å². The van der Waals surface area contributed by atoms with E-state index < -0.39 is 0 Å². The lowest BCUT2D eigenvalue weighted by atomic mass is 10.1. The van der Waals surface area contributed by atoms with Crippen LogP contribution in [0, 0.1) is 0 Å². The number of aromatic nitrogens is 6. The van der Waals surface area contributed by atoms with E-state index in [-0.39, 0.29) is 11.9 Å². The van der Waals surface area contributed by atoms with Gasteiger partial charge in [0.2, 0.25) is 0 Å². The molecule has 0 aliphatic rings. The highest BCUT2D eigenvalue weighted by Crippen LogP contribution is 2.26. The molecule has 4 rings (SSSR count). The lowest BCUT2D eigenvalue weighted by molar-refractivity contribution is 0.0737. The summed E-state index contributed by atoms with van der Waals surface area (Å²) >= 11 is 1.44. The summed E-state index contributed by atoms with van der Waals surface area (Å²) < 4.78 is 3.41. The van der Waals surface area contributed by atoms with Crippen LogP contribution in [0.4, 0.5) is 0 Å². The van der Waals surface area contributed by atoms with Crippen molar-refractivity contribution in [2.45, 2.75) is 13.0 Å². The maximum absolute atomic E-state index is 12.9. The summed E-state index contributed by atoms with van der Waals surface area (Å²) in [7, 11) is 3.65. The molecule has 3 heterocycles. The van der Waals surface area contributed by atoms with Crippen LogP contribution in [0.25, 0.3) is 16.3 Å². The second-order valence-corrected chi connectivity index (χ2v) is 7.32. The van der Waals surface area contributed by atoms with Crippen LogP contribution in [0.2, 0.25) is 0 Å². The van der Waals surface area contributed by atoms with Crippen LogP contribution in [0.1, 0.15) is 29.0 Å². The first-order chi connectivity index (χ1) is 13.5. The maximum Gasteiger partial charge on any atom is 0.273 e. The van der Waals surface area contributed by atoms with Crippen LogP contribution in [-0.2, 0) is 7.05 Å². The van der Waals surface area contributed by atoms with Crippen molar-refractivity contribution < 1.29 is 4.79 Å². The molecule has 0 aliphatic heterocycles. The Hall–Kier alpha value is -3.33. The Kier molecular flexibility index (Phi) is 4.74. The Morgan fingerprint density at radius 1 is 1.21 bits per heavy atom. The predicted molar refractivity (Wildman–Crippen MR) is 106 cm³/mol. The number of benzene rings is 1. The summed E-state index contributed by atoms with van der Waals surface area (Å²) in [5.41, 5.74) is 3.30. The van der Waals surface area contributed by atoms with Crippen LogP contribution in [0.5, 0.6) is 0 Å². The van der Waals surface area contributed by atoms with Crippen LogP contribution < -0.4 is 0 Å². The van der Waals surface area contributed by atoms with Crippen LogP contribution in [-0.4, -0.2) is 47.4 Å². The molecule has 0 fully saturated rings. The molecule has 142 valence electrons. The number of rotatable bonds is 5. The van der Waals surface area contributed by atoms with Gasteiger partial charge >= 0.3 is 0 Å². The summed E-state index contributed by atoms with van der Waals surface area (Å²) in [5.74, 6) is -0.112. The molecule has 9 heteroatoms. The molecule has 8 nitrogen and oxygen atoms in total. The average Bonchev–Trinajstić information content (AvgIpc) is 3.47. The Balaban J connectivity index is 1.49. The number of hydrogen-bond donors (Lipinski definition) is 0. The van der Waals surface area contributed by atoms with E-state index in [1.165, 1.54) is 17.7 Å². The highest BCUT2D eigenvalue weighted by molar-refractivity contribution is 7.13. The van der Waals surface area contributed by atoms with Gasteiger partial charge in [-0.25, -0.2) is 14.6 Å².